The molecular formula is C11H16NO2P. The van der Waals surface area contributed by atoms with Gasteiger partial charge in [-0.05, 0) is 24.8 Å². The third-order valence-electron chi connectivity index (χ3n) is 2.24. The van der Waals surface area contributed by atoms with E-state index in [2.05, 4.69) is 0 Å². The lowest BCUT2D eigenvalue weighted by Gasteiger charge is -2.18. The van der Waals surface area contributed by atoms with Gasteiger partial charge in [-0.2, -0.15) is 0 Å². The molecule has 0 aromatic heterocycles. The summed E-state index contributed by atoms with van der Waals surface area (Å²) in [5, 5.41) is 10.1. The lowest BCUT2D eigenvalue weighted by atomic mass is 10.0. The second kappa shape index (κ2) is 5.24. The molecule has 0 saturated carbocycles. The Morgan fingerprint density at radius 1 is 1.47 bits per heavy atom. The summed E-state index contributed by atoms with van der Waals surface area (Å²) in [6.45, 7) is 1.56. The molecule has 0 fully saturated rings. The second-order valence-electron chi connectivity index (χ2n) is 3.77. The Balaban J connectivity index is 2.37. The van der Waals surface area contributed by atoms with Crippen molar-refractivity contribution in [3.63, 3.8) is 0 Å². The van der Waals surface area contributed by atoms with Crippen LogP contribution in [0, 0.1) is 0 Å². The maximum Gasteiger partial charge on any atom is 0.323 e. The summed E-state index contributed by atoms with van der Waals surface area (Å²) < 4.78 is 0. The minimum Gasteiger partial charge on any atom is -0.480 e. The molecule has 3 nitrogen and oxygen atoms in total. The number of benzene rings is 1. The van der Waals surface area contributed by atoms with Gasteiger partial charge in [0.1, 0.15) is 5.54 Å². The van der Waals surface area contributed by atoms with Crippen molar-refractivity contribution in [1.82, 2.24) is 0 Å². The van der Waals surface area contributed by atoms with E-state index in [0.29, 0.717) is 15.0 Å². The van der Waals surface area contributed by atoms with Crippen molar-refractivity contribution < 1.29 is 9.90 Å². The van der Waals surface area contributed by atoms with Gasteiger partial charge in [0, 0.05) is 0 Å². The molecular weight excluding hydrogens is 209 g/mol. The lowest BCUT2D eigenvalue weighted by molar-refractivity contribution is -0.142. The van der Waals surface area contributed by atoms with Crippen molar-refractivity contribution in [3.05, 3.63) is 30.3 Å². The quantitative estimate of drug-likeness (QED) is 0.740. The van der Waals surface area contributed by atoms with Gasteiger partial charge in [0.15, 0.2) is 0 Å². The highest BCUT2D eigenvalue weighted by atomic mass is 31.1. The highest BCUT2D eigenvalue weighted by Gasteiger charge is 2.26. The molecule has 0 aliphatic carbocycles. The van der Waals surface area contributed by atoms with Crippen LogP contribution in [0.5, 0.6) is 0 Å². The smallest absolute Gasteiger partial charge is 0.323 e. The van der Waals surface area contributed by atoms with Crippen molar-refractivity contribution in [1.29, 1.82) is 0 Å². The molecule has 0 radical (unpaired) electrons. The van der Waals surface area contributed by atoms with E-state index in [9.17, 15) is 4.79 Å². The molecule has 0 aliphatic rings. The number of nitrogens with two attached hydrogens (primary N) is 1. The number of hydrogen-bond acceptors (Lipinski definition) is 2. The topological polar surface area (TPSA) is 63.3 Å². The molecule has 1 rings (SSSR count). The van der Waals surface area contributed by atoms with Crippen molar-refractivity contribution in [3.8, 4) is 0 Å². The highest BCUT2D eigenvalue weighted by Crippen LogP contribution is 2.16. The average Bonchev–Trinajstić information content (AvgIpc) is 2.19. The van der Waals surface area contributed by atoms with Gasteiger partial charge in [-0.3, -0.25) is 4.79 Å². The first-order valence-electron chi connectivity index (χ1n) is 4.83. The summed E-state index contributed by atoms with van der Waals surface area (Å²) in [5.41, 5.74) is 4.53. The minimum atomic E-state index is -1.10. The molecule has 15 heavy (non-hydrogen) atoms. The Morgan fingerprint density at radius 3 is 2.60 bits per heavy atom. The van der Waals surface area contributed by atoms with Crippen LogP contribution in [0.1, 0.15) is 13.3 Å². The molecule has 3 N–H and O–H groups in total. The molecule has 0 heterocycles. The van der Waals surface area contributed by atoms with Gasteiger partial charge in [-0.25, -0.2) is 0 Å². The SMILES string of the molecule is C[C@](N)(CCPc1ccccc1)C(=O)O. The Bertz CT molecular complexity index is 325. The molecule has 82 valence electrons. The molecule has 0 saturated heterocycles. The van der Waals surface area contributed by atoms with Crippen LogP contribution in [0.2, 0.25) is 0 Å². The van der Waals surface area contributed by atoms with Crippen molar-refractivity contribution >= 4 is 19.9 Å². The van der Waals surface area contributed by atoms with E-state index in [4.69, 9.17) is 10.8 Å². The summed E-state index contributed by atoms with van der Waals surface area (Å²) in [6, 6.07) is 10.0. The van der Waals surface area contributed by atoms with Crippen LogP contribution >= 0.6 is 8.58 Å². The lowest BCUT2D eigenvalue weighted by Crippen LogP contribution is -2.45. The predicted octanol–water partition coefficient (Wildman–Crippen LogP) is 1.18. The van der Waals surface area contributed by atoms with Crippen LogP contribution < -0.4 is 11.0 Å². The summed E-state index contributed by atoms with van der Waals surface area (Å²) in [7, 11) is 0.627. The third-order valence-corrected chi connectivity index (χ3v) is 3.48. The third kappa shape index (κ3) is 3.98. The van der Waals surface area contributed by atoms with E-state index >= 15 is 0 Å². The van der Waals surface area contributed by atoms with Gasteiger partial charge in [0.2, 0.25) is 0 Å². The first-order valence-corrected chi connectivity index (χ1v) is 6.04. The highest BCUT2D eigenvalue weighted by molar-refractivity contribution is 7.47. The molecule has 1 aromatic carbocycles. The van der Waals surface area contributed by atoms with E-state index in [1.165, 1.54) is 5.30 Å². The first-order chi connectivity index (χ1) is 7.02. The summed E-state index contributed by atoms with van der Waals surface area (Å²) in [6.07, 6.45) is 1.33. The van der Waals surface area contributed by atoms with E-state index < -0.39 is 11.5 Å². The van der Waals surface area contributed by atoms with Crippen LogP contribution in [0.4, 0.5) is 0 Å². The Morgan fingerprint density at radius 2 is 2.07 bits per heavy atom. The molecule has 0 aliphatic heterocycles. The molecule has 0 bridgehead atoms. The van der Waals surface area contributed by atoms with Crippen LogP contribution in [0.15, 0.2) is 30.3 Å². The fourth-order valence-corrected chi connectivity index (χ4v) is 2.49. The molecule has 2 atom stereocenters. The van der Waals surface area contributed by atoms with Crippen LogP contribution in [0.25, 0.3) is 0 Å². The van der Waals surface area contributed by atoms with Gasteiger partial charge < -0.3 is 10.8 Å². The minimum absolute atomic E-state index is 0.510. The normalized spacial score (nSPS) is 15.3. The number of aliphatic carboxylic acids is 1. The zero-order valence-corrected chi connectivity index (χ0v) is 9.73. The fraction of sp³-hybridized carbons (Fsp3) is 0.364. The van der Waals surface area contributed by atoms with E-state index in [0.717, 1.165) is 6.16 Å². The van der Waals surface area contributed by atoms with Crippen LogP contribution in [0.3, 0.4) is 0 Å². The second-order valence-corrected chi connectivity index (χ2v) is 5.20. The van der Waals surface area contributed by atoms with E-state index in [1.807, 2.05) is 30.3 Å². The fourth-order valence-electron chi connectivity index (χ4n) is 1.13. The van der Waals surface area contributed by atoms with E-state index in [-0.39, 0.29) is 0 Å². The van der Waals surface area contributed by atoms with Gasteiger partial charge in [0.25, 0.3) is 0 Å². The molecule has 1 aromatic rings. The maximum atomic E-state index is 10.7. The Labute approximate surface area is 91.5 Å². The van der Waals surface area contributed by atoms with E-state index in [1.54, 1.807) is 6.92 Å². The molecule has 0 amide bonds. The average molecular weight is 225 g/mol. The van der Waals surface area contributed by atoms with Crippen LogP contribution in [-0.2, 0) is 4.79 Å². The van der Waals surface area contributed by atoms with Gasteiger partial charge in [-0.1, -0.05) is 38.9 Å². The van der Waals surface area contributed by atoms with Crippen molar-refractivity contribution in [2.45, 2.75) is 18.9 Å². The first kappa shape index (κ1) is 12.2. The number of carboxylic acids is 1. The van der Waals surface area contributed by atoms with Crippen LogP contribution in [-0.4, -0.2) is 22.8 Å². The molecule has 4 heteroatoms. The number of rotatable bonds is 5. The largest absolute Gasteiger partial charge is 0.480 e. The number of carbonyl (C=O) groups is 1. The molecule has 1 unspecified atom stereocenters. The van der Waals surface area contributed by atoms with Gasteiger partial charge in [-0.15, -0.1) is 0 Å². The standard InChI is InChI=1S/C11H16NO2P/c1-11(12,10(13)14)7-8-15-9-5-3-2-4-6-9/h2-6,15H,7-8,12H2,1H3,(H,13,14)/t11-/m0/s1. The zero-order valence-electron chi connectivity index (χ0n) is 8.73. The monoisotopic (exact) mass is 225 g/mol. The molecule has 0 spiro atoms. The summed E-state index contributed by atoms with van der Waals surface area (Å²) in [4.78, 5) is 10.7. The predicted molar refractivity (Wildman–Crippen MR) is 64.1 cm³/mol. The number of hydrogen-bond donors (Lipinski definition) is 2. The van der Waals surface area contributed by atoms with Gasteiger partial charge in [0.05, 0.1) is 0 Å². The van der Waals surface area contributed by atoms with Crippen molar-refractivity contribution in [2.75, 3.05) is 6.16 Å². The Kier molecular flexibility index (Phi) is 4.25. The summed E-state index contributed by atoms with van der Waals surface area (Å²) in [5.74, 6) is -0.930. The Hall–Kier alpha value is -0.920. The summed E-state index contributed by atoms with van der Waals surface area (Å²) >= 11 is 0. The van der Waals surface area contributed by atoms with Gasteiger partial charge >= 0.3 is 5.97 Å². The number of carboxylic acid groups (broad SMARTS) is 1. The zero-order chi connectivity index (χ0) is 11.3. The van der Waals surface area contributed by atoms with Crippen molar-refractivity contribution in [2.24, 2.45) is 5.73 Å². The maximum absolute atomic E-state index is 10.7.